The van der Waals surface area contributed by atoms with E-state index < -0.39 is 11.4 Å². The number of ether oxygens (including phenoxy) is 1. The van der Waals surface area contributed by atoms with Gasteiger partial charge >= 0.3 is 6.09 Å². The molecule has 2 fully saturated rings. The molecular formula is C36H50FN5O3. The number of rotatable bonds is 7. The molecule has 8 nitrogen and oxygen atoms in total. The number of carbonyl (C=O) groups excluding carboxylic acids is 2. The summed E-state index contributed by atoms with van der Waals surface area (Å²) in [5.41, 5.74) is 3.78. The number of hydrogen-bond acceptors (Lipinski definition) is 5. The molecule has 1 unspecified atom stereocenters. The highest BCUT2D eigenvalue weighted by atomic mass is 19.1. The van der Waals surface area contributed by atoms with E-state index >= 15 is 0 Å². The van der Waals surface area contributed by atoms with Crippen LogP contribution < -0.4 is 0 Å². The molecule has 2 aliphatic rings. The van der Waals surface area contributed by atoms with E-state index in [1.165, 1.54) is 17.7 Å². The smallest absolute Gasteiger partial charge is 0.410 e. The summed E-state index contributed by atoms with van der Waals surface area (Å²) in [6.07, 6.45) is 9.74. The molecule has 45 heavy (non-hydrogen) atoms. The number of piperidine rings is 1. The second-order valence-corrected chi connectivity index (χ2v) is 14.4. The van der Waals surface area contributed by atoms with Crippen molar-refractivity contribution in [1.82, 2.24) is 24.3 Å². The van der Waals surface area contributed by atoms with E-state index in [0.29, 0.717) is 29.1 Å². The van der Waals surface area contributed by atoms with Gasteiger partial charge in [0, 0.05) is 56.5 Å². The van der Waals surface area contributed by atoms with Crippen molar-refractivity contribution in [3.05, 3.63) is 59.3 Å². The Bertz CT molecular complexity index is 1540. The summed E-state index contributed by atoms with van der Waals surface area (Å²) in [7, 11) is 1.75. The Labute approximate surface area is 267 Å². The van der Waals surface area contributed by atoms with Crippen molar-refractivity contribution in [1.29, 1.82) is 0 Å². The number of aryl methyl sites for hydroxylation is 1. The van der Waals surface area contributed by atoms with Crippen LogP contribution in [0.3, 0.4) is 0 Å². The lowest BCUT2D eigenvalue weighted by atomic mass is 9.89. The maximum Gasteiger partial charge on any atom is 0.410 e. The number of carbonyl (C=O) groups is 2. The first-order chi connectivity index (χ1) is 21.2. The van der Waals surface area contributed by atoms with Gasteiger partial charge in [0.2, 0.25) is 0 Å². The molecule has 0 aliphatic carbocycles. The Balaban J connectivity index is 1.29. The highest BCUT2D eigenvalue weighted by Crippen LogP contribution is 2.34. The van der Waals surface area contributed by atoms with E-state index in [1.807, 2.05) is 62.7 Å². The number of likely N-dealkylation sites (tertiary alicyclic amines) is 2. The monoisotopic (exact) mass is 619 g/mol. The SMILES string of the molecule is Cc1cn(-c2ccc(F)cc2C(=O)N(C)C(C)C)c2cncc(CC3CCN([C@H](C)C4CCN(C(=O)OC(C)(C)C)CC4)C3)c12. The average molecular weight is 620 g/mol. The van der Waals surface area contributed by atoms with Gasteiger partial charge in [0.05, 0.1) is 23.0 Å². The molecule has 2 atom stereocenters. The fourth-order valence-electron chi connectivity index (χ4n) is 7.02. The number of fused-ring (bicyclic) bond motifs is 1. The maximum atomic E-state index is 14.4. The maximum absolute atomic E-state index is 14.4. The molecule has 1 aromatic carbocycles. The molecule has 0 N–H and O–H groups in total. The van der Waals surface area contributed by atoms with Gasteiger partial charge < -0.3 is 24.0 Å². The lowest BCUT2D eigenvalue weighted by Crippen LogP contribution is -2.46. The number of nitrogens with zero attached hydrogens (tertiary/aromatic N) is 5. The topological polar surface area (TPSA) is 70.9 Å². The van der Waals surface area contributed by atoms with Gasteiger partial charge in [0.1, 0.15) is 11.4 Å². The summed E-state index contributed by atoms with van der Waals surface area (Å²) in [4.78, 5) is 36.7. The van der Waals surface area contributed by atoms with E-state index in [-0.39, 0.29) is 18.0 Å². The van der Waals surface area contributed by atoms with Crippen molar-refractivity contribution in [2.24, 2.45) is 11.8 Å². The number of amides is 2. The molecule has 244 valence electrons. The van der Waals surface area contributed by atoms with Crippen molar-refractivity contribution in [2.75, 3.05) is 33.2 Å². The minimum atomic E-state index is -0.472. The quantitative estimate of drug-likeness (QED) is 0.289. The lowest BCUT2D eigenvalue weighted by Gasteiger charge is -2.38. The second kappa shape index (κ2) is 13.1. The fraction of sp³-hybridized carbons (Fsp3) is 0.583. The first-order valence-electron chi connectivity index (χ1n) is 16.5. The molecule has 3 aromatic rings. The number of pyridine rings is 1. The van der Waals surface area contributed by atoms with E-state index in [9.17, 15) is 14.0 Å². The van der Waals surface area contributed by atoms with E-state index in [2.05, 4.69) is 23.7 Å². The summed E-state index contributed by atoms with van der Waals surface area (Å²) in [6.45, 7) is 17.7. The third kappa shape index (κ3) is 7.19. The van der Waals surface area contributed by atoms with Crippen LogP contribution >= 0.6 is 0 Å². The highest BCUT2D eigenvalue weighted by molar-refractivity contribution is 5.99. The Morgan fingerprint density at radius 1 is 1.09 bits per heavy atom. The van der Waals surface area contributed by atoms with Crippen molar-refractivity contribution in [2.45, 2.75) is 91.8 Å². The van der Waals surface area contributed by atoms with Gasteiger partial charge in [-0.25, -0.2) is 9.18 Å². The van der Waals surface area contributed by atoms with Crippen LogP contribution in [0, 0.1) is 24.6 Å². The minimum Gasteiger partial charge on any atom is -0.444 e. The molecule has 2 saturated heterocycles. The zero-order valence-corrected chi connectivity index (χ0v) is 28.3. The van der Waals surface area contributed by atoms with E-state index in [4.69, 9.17) is 4.74 Å². The molecular weight excluding hydrogens is 569 g/mol. The predicted octanol–water partition coefficient (Wildman–Crippen LogP) is 6.85. The van der Waals surface area contributed by atoms with Gasteiger partial charge in [0.15, 0.2) is 0 Å². The molecule has 0 bridgehead atoms. The largest absolute Gasteiger partial charge is 0.444 e. The Morgan fingerprint density at radius 2 is 1.80 bits per heavy atom. The van der Waals surface area contributed by atoms with Crippen molar-refractivity contribution >= 4 is 22.9 Å². The zero-order chi connectivity index (χ0) is 32.6. The van der Waals surface area contributed by atoms with Crippen LogP contribution in [0.2, 0.25) is 0 Å². The first kappa shape index (κ1) is 32.9. The molecule has 0 spiro atoms. The van der Waals surface area contributed by atoms with Gasteiger partial charge in [-0.05, 0) is 122 Å². The van der Waals surface area contributed by atoms with Gasteiger partial charge in [0.25, 0.3) is 5.91 Å². The number of hydrogen-bond donors (Lipinski definition) is 0. The molecule has 0 saturated carbocycles. The predicted molar refractivity (Wildman–Crippen MR) is 176 cm³/mol. The molecule has 0 radical (unpaired) electrons. The molecule has 2 aromatic heterocycles. The van der Waals surface area contributed by atoms with Crippen LogP contribution in [0.25, 0.3) is 16.6 Å². The van der Waals surface area contributed by atoms with E-state index in [1.54, 1.807) is 18.0 Å². The third-order valence-electron chi connectivity index (χ3n) is 9.80. The zero-order valence-electron chi connectivity index (χ0n) is 28.3. The highest BCUT2D eigenvalue weighted by Gasteiger charge is 2.34. The number of halogens is 1. The van der Waals surface area contributed by atoms with Gasteiger partial charge in [-0.3, -0.25) is 9.78 Å². The third-order valence-corrected chi connectivity index (χ3v) is 9.80. The van der Waals surface area contributed by atoms with Gasteiger partial charge in [-0.2, -0.15) is 0 Å². The van der Waals surface area contributed by atoms with Gasteiger partial charge in [-0.1, -0.05) is 0 Å². The van der Waals surface area contributed by atoms with Crippen LogP contribution in [0.5, 0.6) is 0 Å². The minimum absolute atomic E-state index is 0.0104. The fourth-order valence-corrected chi connectivity index (χ4v) is 7.02. The van der Waals surface area contributed by atoms with Crippen LogP contribution in [0.15, 0.2) is 36.8 Å². The molecule has 5 rings (SSSR count). The Kier molecular flexibility index (Phi) is 9.59. The molecule has 4 heterocycles. The summed E-state index contributed by atoms with van der Waals surface area (Å²) < 4.78 is 22.0. The summed E-state index contributed by atoms with van der Waals surface area (Å²) >= 11 is 0. The number of benzene rings is 1. The van der Waals surface area contributed by atoms with E-state index in [0.717, 1.165) is 68.3 Å². The first-order valence-corrected chi connectivity index (χ1v) is 16.5. The summed E-state index contributed by atoms with van der Waals surface area (Å²) in [6, 6.07) is 4.89. The van der Waals surface area contributed by atoms with Crippen LogP contribution in [-0.4, -0.2) is 87.2 Å². The normalized spacial score (nSPS) is 19.0. The van der Waals surface area contributed by atoms with Crippen LogP contribution in [0.1, 0.15) is 82.3 Å². The molecule has 9 heteroatoms. The Hall–Kier alpha value is -3.46. The lowest BCUT2D eigenvalue weighted by molar-refractivity contribution is 0.0143. The summed E-state index contributed by atoms with van der Waals surface area (Å²) in [5, 5.41) is 1.16. The number of aromatic nitrogens is 2. The van der Waals surface area contributed by atoms with Crippen molar-refractivity contribution in [3.63, 3.8) is 0 Å². The molecule has 2 aliphatic heterocycles. The van der Waals surface area contributed by atoms with Crippen LogP contribution in [0.4, 0.5) is 9.18 Å². The summed E-state index contributed by atoms with van der Waals surface area (Å²) in [5.74, 6) is 0.442. The van der Waals surface area contributed by atoms with Crippen LogP contribution in [-0.2, 0) is 11.2 Å². The standard InChI is InChI=1S/C36H50FN5O3/c1-23(2)39(8)34(43)30-18-29(37)9-10-31(30)42-21-24(3)33-28(19-38-20-32(33)42)17-26-11-14-41(22-26)25(4)27-12-15-40(16-13-27)35(44)45-36(5,6)7/h9-10,18-21,23,25-27H,11-17,22H2,1-8H3/t25-,26?/m1/s1. The van der Waals surface area contributed by atoms with Gasteiger partial charge in [-0.15, -0.1) is 0 Å². The average Bonchev–Trinajstić information content (AvgIpc) is 3.60. The van der Waals surface area contributed by atoms with Crippen molar-refractivity contribution in [3.8, 4) is 5.69 Å². The Morgan fingerprint density at radius 3 is 2.47 bits per heavy atom. The molecule has 2 amide bonds. The second-order valence-electron chi connectivity index (χ2n) is 14.4. The van der Waals surface area contributed by atoms with Crippen molar-refractivity contribution < 1.29 is 18.7 Å².